The van der Waals surface area contributed by atoms with E-state index in [4.69, 9.17) is 4.74 Å². The molecule has 1 saturated heterocycles. The first-order valence-corrected chi connectivity index (χ1v) is 9.48. The van der Waals surface area contributed by atoms with E-state index in [1.165, 1.54) is 18.4 Å². The molecule has 0 radical (unpaired) electrons. The molecular formula is C21H31NO2. The number of ether oxygens (including phenoxy) is 1. The Labute approximate surface area is 146 Å². The third-order valence-electron chi connectivity index (χ3n) is 5.93. The zero-order valence-corrected chi connectivity index (χ0v) is 15.4. The van der Waals surface area contributed by atoms with Crippen molar-refractivity contribution < 1.29 is 9.53 Å². The van der Waals surface area contributed by atoms with Gasteiger partial charge < -0.3 is 4.74 Å². The first-order valence-electron chi connectivity index (χ1n) is 9.48. The summed E-state index contributed by atoms with van der Waals surface area (Å²) in [6, 6.07) is 10.6. The Kier molecular flexibility index (Phi) is 5.29. The molecule has 0 spiro atoms. The van der Waals surface area contributed by atoms with E-state index < -0.39 is 0 Å². The van der Waals surface area contributed by atoms with Crippen LogP contribution in [-0.4, -0.2) is 29.6 Å². The summed E-state index contributed by atoms with van der Waals surface area (Å²) in [7, 11) is 0. The van der Waals surface area contributed by atoms with Crippen LogP contribution < -0.4 is 0 Å². The number of benzene rings is 1. The number of nitrogens with zero attached hydrogens (tertiary/aromatic N) is 1. The highest BCUT2D eigenvalue weighted by Gasteiger charge is 2.46. The van der Waals surface area contributed by atoms with Crippen LogP contribution in [-0.2, 0) is 9.53 Å². The van der Waals surface area contributed by atoms with E-state index in [0.29, 0.717) is 17.8 Å². The molecule has 1 aliphatic carbocycles. The van der Waals surface area contributed by atoms with Gasteiger partial charge >= 0.3 is 5.97 Å². The van der Waals surface area contributed by atoms with Gasteiger partial charge in [-0.2, -0.15) is 0 Å². The van der Waals surface area contributed by atoms with Gasteiger partial charge in [-0.3, -0.25) is 9.69 Å². The molecule has 1 aromatic carbocycles. The maximum absolute atomic E-state index is 12.6. The van der Waals surface area contributed by atoms with E-state index in [1.54, 1.807) is 0 Å². The van der Waals surface area contributed by atoms with Gasteiger partial charge in [0.2, 0.25) is 0 Å². The predicted octanol–water partition coefficient (Wildman–Crippen LogP) is 4.44. The van der Waals surface area contributed by atoms with Gasteiger partial charge in [-0.25, -0.2) is 0 Å². The minimum Gasteiger partial charge on any atom is -0.461 e. The lowest BCUT2D eigenvalue weighted by molar-refractivity contribution is -0.156. The highest BCUT2D eigenvalue weighted by Crippen LogP contribution is 2.37. The topological polar surface area (TPSA) is 29.3 Å². The summed E-state index contributed by atoms with van der Waals surface area (Å²) in [5, 5.41) is 0. The Morgan fingerprint density at radius 3 is 2.54 bits per heavy atom. The largest absolute Gasteiger partial charge is 0.461 e. The van der Waals surface area contributed by atoms with Gasteiger partial charge in [-0.1, -0.05) is 57.5 Å². The second kappa shape index (κ2) is 7.26. The Morgan fingerprint density at radius 2 is 1.88 bits per heavy atom. The maximum atomic E-state index is 12.6. The van der Waals surface area contributed by atoms with E-state index in [2.05, 4.69) is 56.9 Å². The highest BCUT2D eigenvalue weighted by atomic mass is 16.5. The molecule has 1 aliphatic heterocycles. The monoisotopic (exact) mass is 329 g/mol. The summed E-state index contributed by atoms with van der Waals surface area (Å²) in [6.45, 7) is 9.77. The molecule has 2 fully saturated rings. The minimum atomic E-state index is -0.0507. The van der Waals surface area contributed by atoms with Crippen molar-refractivity contribution >= 4 is 5.97 Å². The molecule has 0 aromatic heterocycles. The summed E-state index contributed by atoms with van der Waals surface area (Å²) in [4.78, 5) is 14.9. The van der Waals surface area contributed by atoms with Crippen molar-refractivity contribution in [2.75, 3.05) is 6.54 Å². The first-order chi connectivity index (χ1) is 11.5. The van der Waals surface area contributed by atoms with Gasteiger partial charge in [-0.05, 0) is 43.1 Å². The van der Waals surface area contributed by atoms with Crippen LogP contribution in [0, 0.1) is 17.8 Å². The van der Waals surface area contributed by atoms with Crippen molar-refractivity contribution in [3.05, 3.63) is 35.9 Å². The van der Waals surface area contributed by atoms with E-state index >= 15 is 0 Å². The Bertz CT molecular complexity index is 556. The molecule has 3 heteroatoms. The van der Waals surface area contributed by atoms with Crippen LogP contribution in [0.4, 0.5) is 0 Å². The Hall–Kier alpha value is -1.35. The van der Waals surface area contributed by atoms with Crippen molar-refractivity contribution in [2.24, 2.45) is 17.8 Å². The van der Waals surface area contributed by atoms with E-state index in [0.717, 1.165) is 13.0 Å². The van der Waals surface area contributed by atoms with Crippen LogP contribution in [0.3, 0.4) is 0 Å². The molecule has 3 rings (SSSR count). The van der Waals surface area contributed by atoms with Gasteiger partial charge in [0.25, 0.3) is 0 Å². The van der Waals surface area contributed by atoms with Crippen molar-refractivity contribution in [3.8, 4) is 0 Å². The highest BCUT2D eigenvalue weighted by molar-refractivity contribution is 5.79. The molecular weight excluding hydrogens is 298 g/mol. The van der Waals surface area contributed by atoms with Gasteiger partial charge in [0, 0.05) is 12.6 Å². The molecule has 3 nitrogen and oxygen atoms in total. The Morgan fingerprint density at radius 1 is 1.17 bits per heavy atom. The van der Waals surface area contributed by atoms with E-state index in [9.17, 15) is 4.79 Å². The molecule has 1 heterocycles. The lowest BCUT2D eigenvalue weighted by Crippen LogP contribution is -2.37. The third kappa shape index (κ3) is 3.83. The third-order valence-corrected chi connectivity index (χ3v) is 5.93. The van der Waals surface area contributed by atoms with Crippen LogP contribution in [0.25, 0.3) is 0 Å². The molecule has 24 heavy (non-hydrogen) atoms. The molecule has 1 saturated carbocycles. The fourth-order valence-corrected chi connectivity index (χ4v) is 4.19. The summed E-state index contributed by atoms with van der Waals surface area (Å²) in [5.41, 5.74) is 1.26. The number of hydrogen-bond acceptors (Lipinski definition) is 3. The van der Waals surface area contributed by atoms with Crippen LogP contribution in [0.1, 0.15) is 58.6 Å². The first kappa shape index (κ1) is 17.5. The number of carbonyl (C=O) groups is 1. The van der Waals surface area contributed by atoms with Crippen LogP contribution in [0.2, 0.25) is 0 Å². The molecule has 1 aromatic rings. The summed E-state index contributed by atoms with van der Waals surface area (Å²) >= 11 is 0. The molecule has 0 bridgehead atoms. The Balaban J connectivity index is 1.57. The number of esters is 1. The zero-order chi connectivity index (χ0) is 17.3. The lowest BCUT2D eigenvalue weighted by atomic mass is 9.75. The van der Waals surface area contributed by atoms with Crippen molar-refractivity contribution in [1.82, 2.24) is 4.90 Å². The van der Waals surface area contributed by atoms with Gasteiger partial charge in [0.1, 0.15) is 12.1 Å². The normalized spacial score (nSPS) is 34.0. The number of hydrogen-bond donors (Lipinski definition) is 0. The fourth-order valence-electron chi connectivity index (χ4n) is 4.19. The smallest absolute Gasteiger partial charge is 0.325 e. The molecule has 1 unspecified atom stereocenters. The molecule has 6 atom stereocenters. The van der Waals surface area contributed by atoms with Crippen LogP contribution >= 0.6 is 0 Å². The molecule has 0 amide bonds. The standard InChI is InChI=1S/C21H31NO2/c1-14(2)18-11-10-15(3)12-20(18)24-21(23)19-13-22(19)16(4)17-8-6-5-7-9-17/h5-9,14-16,18-20H,10-13H2,1-4H3/t15-,16+,18+,19-,20-,22?/m1/s1. The minimum absolute atomic E-state index is 0.0115. The number of rotatable bonds is 5. The SMILES string of the molecule is CC(C)[C@@H]1CC[C@@H](C)C[C@H]1OC(=O)[C@H]1CN1[C@@H](C)c1ccccc1. The summed E-state index contributed by atoms with van der Waals surface area (Å²) < 4.78 is 6.00. The maximum Gasteiger partial charge on any atom is 0.325 e. The van der Waals surface area contributed by atoms with Gasteiger partial charge in [-0.15, -0.1) is 0 Å². The molecule has 0 N–H and O–H groups in total. The molecule has 132 valence electrons. The number of carbonyl (C=O) groups excluding carboxylic acids is 1. The van der Waals surface area contributed by atoms with Crippen LogP contribution in [0.15, 0.2) is 30.3 Å². The van der Waals surface area contributed by atoms with E-state index in [1.807, 2.05) is 6.07 Å². The van der Waals surface area contributed by atoms with E-state index in [-0.39, 0.29) is 24.2 Å². The molecule has 2 aliphatic rings. The second-order valence-electron chi connectivity index (χ2n) is 8.10. The van der Waals surface area contributed by atoms with Crippen molar-refractivity contribution in [2.45, 2.75) is 65.1 Å². The van der Waals surface area contributed by atoms with Crippen molar-refractivity contribution in [3.63, 3.8) is 0 Å². The average Bonchev–Trinajstić information content (AvgIpc) is 3.35. The zero-order valence-electron chi connectivity index (χ0n) is 15.4. The lowest BCUT2D eigenvalue weighted by Gasteiger charge is -2.36. The average molecular weight is 329 g/mol. The fraction of sp³-hybridized carbons (Fsp3) is 0.667. The second-order valence-corrected chi connectivity index (χ2v) is 8.10. The van der Waals surface area contributed by atoms with Crippen LogP contribution in [0.5, 0.6) is 0 Å². The predicted molar refractivity (Wildman–Crippen MR) is 96.6 cm³/mol. The summed E-state index contributed by atoms with van der Waals surface area (Å²) in [6.07, 6.45) is 3.58. The van der Waals surface area contributed by atoms with Gasteiger partial charge in [0.05, 0.1) is 0 Å². The summed E-state index contributed by atoms with van der Waals surface area (Å²) in [5.74, 6) is 1.75. The van der Waals surface area contributed by atoms with Crippen molar-refractivity contribution in [1.29, 1.82) is 0 Å². The quantitative estimate of drug-likeness (QED) is 0.591. The van der Waals surface area contributed by atoms with Gasteiger partial charge in [0.15, 0.2) is 0 Å².